The number of fused-ring (bicyclic) bond motifs is 1. The van der Waals surface area contributed by atoms with Crippen molar-refractivity contribution in [1.82, 2.24) is 29.9 Å². The van der Waals surface area contributed by atoms with Gasteiger partial charge in [-0.25, -0.2) is 28.2 Å². The number of halogens is 2. The third-order valence-corrected chi connectivity index (χ3v) is 5.36. The first-order valence-electron chi connectivity index (χ1n) is 11.3. The van der Waals surface area contributed by atoms with Gasteiger partial charge in [0.15, 0.2) is 5.65 Å². The second-order valence-electron chi connectivity index (χ2n) is 7.74. The fraction of sp³-hybridized carbons (Fsp3) is 0.545. The standard InChI is InChI=1S/C20H23F2N7O.C2H6/c21-17(22)11-30-16-8-18-25-10-15(29(18)28-19(16)12-3-4-12)14-5-7-24-20(27-14)26-13-2-1-6-23-9-13;1-2/h5,7-8,10,12-13,17,23H,1-4,6,9,11H2,(H,24,26,27);1-2H3. The van der Waals surface area contributed by atoms with Crippen molar-refractivity contribution in [2.45, 2.75) is 57.9 Å². The van der Waals surface area contributed by atoms with Gasteiger partial charge in [0.2, 0.25) is 5.95 Å². The number of nitrogens with one attached hydrogen (secondary N) is 2. The van der Waals surface area contributed by atoms with Crippen LogP contribution in [0.2, 0.25) is 0 Å². The Labute approximate surface area is 185 Å². The van der Waals surface area contributed by atoms with E-state index in [1.165, 1.54) is 0 Å². The van der Waals surface area contributed by atoms with E-state index in [0.717, 1.165) is 44.5 Å². The van der Waals surface area contributed by atoms with Crippen LogP contribution in [0.25, 0.3) is 17.0 Å². The third kappa shape index (κ3) is 5.12. The van der Waals surface area contributed by atoms with Crippen molar-refractivity contribution >= 4 is 11.6 Å². The molecule has 4 heterocycles. The highest BCUT2D eigenvalue weighted by Gasteiger charge is 2.30. The van der Waals surface area contributed by atoms with Gasteiger partial charge >= 0.3 is 0 Å². The molecule has 2 fully saturated rings. The maximum Gasteiger partial charge on any atom is 0.272 e. The van der Waals surface area contributed by atoms with E-state index in [4.69, 9.17) is 9.84 Å². The van der Waals surface area contributed by atoms with Crippen LogP contribution in [0.4, 0.5) is 14.7 Å². The predicted molar refractivity (Wildman–Crippen MR) is 118 cm³/mol. The van der Waals surface area contributed by atoms with Crippen molar-refractivity contribution in [2.75, 3.05) is 25.0 Å². The van der Waals surface area contributed by atoms with E-state index < -0.39 is 13.0 Å². The quantitative estimate of drug-likeness (QED) is 0.570. The van der Waals surface area contributed by atoms with E-state index in [0.29, 0.717) is 34.8 Å². The molecule has 0 bridgehead atoms. The number of nitrogens with zero attached hydrogens (tertiary/aromatic N) is 5. The van der Waals surface area contributed by atoms with Crippen molar-refractivity contribution in [1.29, 1.82) is 0 Å². The van der Waals surface area contributed by atoms with Crippen LogP contribution in [0.5, 0.6) is 5.75 Å². The lowest BCUT2D eigenvalue weighted by atomic mass is 10.1. The molecule has 10 heteroatoms. The van der Waals surface area contributed by atoms with Crippen LogP contribution in [-0.4, -0.2) is 56.7 Å². The average Bonchev–Trinajstić information content (AvgIpc) is 3.58. The first kappa shape index (κ1) is 22.3. The summed E-state index contributed by atoms with van der Waals surface area (Å²) in [6.07, 6.45) is 5.01. The molecule has 1 aliphatic heterocycles. The molecule has 1 unspecified atom stereocenters. The Morgan fingerprint density at radius 3 is 2.81 bits per heavy atom. The molecule has 1 atom stereocenters. The summed E-state index contributed by atoms with van der Waals surface area (Å²) >= 11 is 0. The van der Waals surface area contributed by atoms with Crippen LogP contribution in [0, 0.1) is 0 Å². The largest absolute Gasteiger partial charge is 0.485 e. The summed E-state index contributed by atoms with van der Waals surface area (Å²) in [5, 5.41) is 11.4. The number of rotatable bonds is 7. The molecule has 0 spiro atoms. The van der Waals surface area contributed by atoms with E-state index in [-0.39, 0.29) is 5.92 Å². The van der Waals surface area contributed by atoms with Crippen LogP contribution < -0.4 is 15.4 Å². The Hall–Kier alpha value is -2.88. The summed E-state index contributed by atoms with van der Waals surface area (Å²) in [5.41, 5.74) is 2.64. The monoisotopic (exact) mass is 445 g/mol. The van der Waals surface area contributed by atoms with Gasteiger partial charge in [-0.1, -0.05) is 13.8 Å². The van der Waals surface area contributed by atoms with Crippen molar-refractivity contribution in [2.24, 2.45) is 0 Å². The SMILES string of the molecule is CC.FC(F)COc1cc2ncc(-c3ccnc(NC4CCCNC4)n3)n2nc1C1CC1. The number of alkyl halides is 2. The number of piperidine rings is 1. The average molecular weight is 446 g/mol. The van der Waals surface area contributed by atoms with Crippen LogP contribution in [0.3, 0.4) is 0 Å². The van der Waals surface area contributed by atoms with E-state index in [2.05, 4.69) is 25.6 Å². The van der Waals surface area contributed by atoms with Gasteiger partial charge in [0.05, 0.1) is 11.9 Å². The summed E-state index contributed by atoms with van der Waals surface area (Å²) in [5.74, 6) is 1.19. The Kier molecular flexibility index (Phi) is 7.09. The molecule has 2 N–H and O–H groups in total. The zero-order valence-corrected chi connectivity index (χ0v) is 18.4. The zero-order chi connectivity index (χ0) is 22.5. The van der Waals surface area contributed by atoms with Crippen molar-refractivity contribution in [3.8, 4) is 17.1 Å². The minimum absolute atomic E-state index is 0.235. The zero-order valence-electron chi connectivity index (χ0n) is 18.4. The van der Waals surface area contributed by atoms with Gasteiger partial charge in [-0.15, -0.1) is 0 Å². The molecule has 3 aromatic rings. The molecule has 8 nitrogen and oxygen atoms in total. The van der Waals surface area contributed by atoms with E-state index in [1.807, 2.05) is 19.9 Å². The smallest absolute Gasteiger partial charge is 0.272 e. The van der Waals surface area contributed by atoms with Crippen molar-refractivity contribution in [3.05, 3.63) is 30.2 Å². The lowest BCUT2D eigenvalue weighted by molar-refractivity contribution is 0.0811. The van der Waals surface area contributed by atoms with Gasteiger partial charge in [-0.05, 0) is 38.3 Å². The molecular weight excluding hydrogens is 416 g/mol. The molecule has 1 saturated carbocycles. The molecule has 3 aromatic heterocycles. The lowest BCUT2D eigenvalue weighted by Crippen LogP contribution is -2.38. The summed E-state index contributed by atoms with van der Waals surface area (Å²) in [7, 11) is 0. The Balaban J connectivity index is 0.00000119. The number of aromatic nitrogens is 5. The molecule has 0 radical (unpaired) electrons. The van der Waals surface area contributed by atoms with Gasteiger partial charge in [-0.2, -0.15) is 5.10 Å². The van der Waals surface area contributed by atoms with Gasteiger partial charge in [-0.3, -0.25) is 0 Å². The molecule has 5 rings (SSSR count). The molecule has 0 amide bonds. The highest BCUT2D eigenvalue weighted by Crippen LogP contribution is 2.43. The summed E-state index contributed by atoms with van der Waals surface area (Å²) in [6.45, 7) is 5.28. The number of anilines is 1. The molecule has 1 saturated heterocycles. The van der Waals surface area contributed by atoms with Gasteiger partial charge in [0.25, 0.3) is 6.43 Å². The number of ether oxygens (including phenoxy) is 1. The minimum Gasteiger partial charge on any atom is -0.485 e. The summed E-state index contributed by atoms with van der Waals surface area (Å²) < 4.78 is 32.3. The second kappa shape index (κ2) is 10.2. The third-order valence-electron chi connectivity index (χ3n) is 5.36. The topological polar surface area (TPSA) is 89.3 Å². The van der Waals surface area contributed by atoms with E-state index in [1.54, 1.807) is 23.0 Å². The van der Waals surface area contributed by atoms with Gasteiger partial charge < -0.3 is 15.4 Å². The van der Waals surface area contributed by atoms with Crippen LogP contribution >= 0.6 is 0 Å². The maximum atomic E-state index is 12.6. The molecule has 0 aromatic carbocycles. The van der Waals surface area contributed by atoms with Crippen LogP contribution in [0.15, 0.2) is 24.5 Å². The van der Waals surface area contributed by atoms with Crippen molar-refractivity contribution < 1.29 is 13.5 Å². The maximum absolute atomic E-state index is 12.6. The second-order valence-corrected chi connectivity index (χ2v) is 7.74. The normalized spacial score (nSPS) is 18.3. The van der Waals surface area contributed by atoms with Crippen LogP contribution in [-0.2, 0) is 0 Å². The Morgan fingerprint density at radius 2 is 2.09 bits per heavy atom. The molecule has 1 aliphatic carbocycles. The first-order valence-corrected chi connectivity index (χ1v) is 11.3. The fourth-order valence-electron chi connectivity index (χ4n) is 3.72. The van der Waals surface area contributed by atoms with Gasteiger partial charge in [0, 0.05) is 30.8 Å². The highest BCUT2D eigenvalue weighted by atomic mass is 19.3. The number of imidazole rings is 1. The minimum atomic E-state index is -2.53. The number of hydrogen-bond donors (Lipinski definition) is 2. The summed E-state index contributed by atoms with van der Waals surface area (Å²) in [6, 6.07) is 3.79. The Morgan fingerprint density at radius 1 is 1.25 bits per heavy atom. The number of hydrogen-bond acceptors (Lipinski definition) is 7. The Bertz CT molecular complexity index is 1030. The lowest BCUT2D eigenvalue weighted by Gasteiger charge is -2.23. The highest BCUT2D eigenvalue weighted by molar-refractivity contribution is 5.61. The predicted octanol–water partition coefficient (Wildman–Crippen LogP) is 3.90. The summed E-state index contributed by atoms with van der Waals surface area (Å²) in [4.78, 5) is 13.4. The van der Waals surface area contributed by atoms with Crippen LogP contribution in [0.1, 0.15) is 51.1 Å². The van der Waals surface area contributed by atoms with E-state index in [9.17, 15) is 8.78 Å². The van der Waals surface area contributed by atoms with E-state index >= 15 is 0 Å². The molecule has 172 valence electrons. The first-order chi connectivity index (χ1) is 15.7. The molecular formula is C22H29F2N7O. The molecule has 2 aliphatic rings. The van der Waals surface area contributed by atoms with Gasteiger partial charge in [0.1, 0.15) is 23.7 Å². The molecule has 32 heavy (non-hydrogen) atoms. The fourth-order valence-corrected chi connectivity index (χ4v) is 3.72. The van der Waals surface area contributed by atoms with Crippen molar-refractivity contribution in [3.63, 3.8) is 0 Å².